The van der Waals surface area contributed by atoms with Crippen molar-refractivity contribution in [2.75, 3.05) is 0 Å². The van der Waals surface area contributed by atoms with Crippen molar-refractivity contribution >= 4 is 44.0 Å². The van der Waals surface area contributed by atoms with Crippen molar-refractivity contribution in [2.45, 2.75) is 32.6 Å². The first-order valence-electron chi connectivity index (χ1n) is 18.8. The van der Waals surface area contributed by atoms with Crippen LogP contribution in [0.5, 0.6) is 0 Å². The molecule has 0 fully saturated rings. The number of hydrogen-bond donors (Lipinski definition) is 0. The van der Waals surface area contributed by atoms with E-state index in [0.29, 0.717) is 5.92 Å². The molecule has 9 rings (SSSR count). The zero-order chi connectivity index (χ0) is 35.0. The van der Waals surface area contributed by atoms with Crippen LogP contribution in [0, 0.1) is 5.92 Å². The molecule has 250 valence electrons. The summed E-state index contributed by atoms with van der Waals surface area (Å²) >= 11 is 0. The highest BCUT2D eigenvalue weighted by molar-refractivity contribution is 6.20. The molecule has 0 heteroatoms. The van der Waals surface area contributed by atoms with E-state index in [4.69, 9.17) is 0 Å². The van der Waals surface area contributed by atoms with E-state index in [-0.39, 0.29) is 0 Å². The molecule has 0 aromatic heterocycles. The lowest BCUT2D eigenvalue weighted by Crippen LogP contribution is -2.04. The van der Waals surface area contributed by atoms with Crippen LogP contribution in [0.25, 0.3) is 77.3 Å². The van der Waals surface area contributed by atoms with Crippen molar-refractivity contribution < 1.29 is 0 Å². The van der Waals surface area contributed by atoms with E-state index in [0.717, 1.165) is 25.7 Å². The van der Waals surface area contributed by atoms with Gasteiger partial charge >= 0.3 is 0 Å². The smallest absolute Gasteiger partial charge is 0.00584 e. The Morgan fingerprint density at radius 3 is 2.15 bits per heavy atom. The van der Waals surface area contributed by atoms with E-state index in [1.807, 2.05) is 6.08 Å². The molecule has 0 aliphatic heterocycles. The molecule has 0 spiro atoms. The summed E-state index contributed by atoms with van der Waals surface area (Å²) in [5, 5.41) is 7.65. The van der Waals surface area contributed by atoms with E-state index in [1.54, 1.807) is 0 Å². The standard InChI is InChI=1S/C52H42/c1-3-14-35(4-2)40-19-11-20-42(33-40)52-48-24-10-9-23-47(48)51(39-29-27-38(28-30-39)45-25-12-17-36-15-5-7-21-43(36)45)50-34-41(31-32-49(50)52)46-26-13-18-37-16-6-8-22-44(37)46/h4-6,8-18,20,22-34,40H,2-3,7,19,21H2,1H3/b35-14+. The van der Waals surface area contributed by atoms with Gasteiger partial charge in [-0.15, -0.1) is 0 Å². The summed E-state index contributed by atoms with van der Waals surface area (Å²) in [7, 11) is 0. The molecule has 0 saturated heterocycles. The van der Waals surface area contributed by atoms with Crippen LogP contribution < -0.4 is 0 Å². The molecule has 1 atom stereocenters. The van der Waals surface area contributed by atoms with Gasteiger partial charge in [0.05, 0.1) is 0 Å². The summed E-state index contributed by atoms with van der Waals surface area (Å²) < 4.78 is 0. The first kappa shape index (κ1) is 32.0. The molecule has 0 bridgehead atoms. The summed E-state index contributed by atoms with van der Waals surface area (Å²) in [6.45, 7) is 6.39. The van der Waals surface area contributed by atoms with Crippen molar-refractivity contribution in [2.24, 2.45) is 5.92 Å². The van der Waals surface area contributed by atoms with E-state index < -0.39 is 0 Å². The van der Waals surface area contributed by atoms with E-state index in [2.05, 4.69) is 177 Å². The fourth-order valence-electron chi connectivity index (χ4n) is 8.71. The first-order valence-corrected chi connectivity index (χ1v) is 18.8. The normalized spacial score (nSPS) is 15.6. The summed E-state index contributed by atoms with van der Waals surface area (Å²) in [6.07, 6.45) is 20.3. The van der Waals surface area contributed by atoms with Crippen LogP contribution in [-0.2, 0) is 6.42 Å². The highest BCUT2D eigenvalue weighted by Crippen LogP contribution is 2.46. The quantitative estimate of drug-likeness (QED) is 0.117. The maximum Gasteiger partial charge on any atom is 0.00584 e. The summed E-state index contributed by atoms with van der Waals surface area (Å²) in [4.78, 5) is 0. The van der Waals surface area contributed by atoms with Crippen molar-refractivity contribution in [3.63, 3.8) is 0 Å². The van der Waals surface area contributed by atoms with Crippen molar-refractivity contribution in [3.8, 4) is 33.4 Å². The minimum atomic E-state index is 0.313. The molecule has 0 radical (unpaired) electrons. The maximum absolute atomic E-state index is 4.18. The summed E-state index contributed by atoms with van der Waals surface area (Å²) in [5.74, 6) is 0.313. The molecular weight excluding hydrogens is 625 g/mol. The van der Waals surface area contributed by atoms with Crippen molar-refractivity contribution in [1.29, 1.82) is 0 Å². The van der Waals surface area contributed by atoms with Gasteiger partial charge in [0.25, 0.3) is 0 Å². The monoisotopic (exact) mass is 666 g/mol. The van der Waals surface area contributed by atoms with Crippen molar-refractivity contribution in [3.05, 3.63) is 193 Å². The van der Waals surface area contributed by atoms with Crippen LogP contribution in [0.1, 0.15) is 42.9 Å². The minimum Gasteiger partial charge on any atom is -0.0988 e. The topological polar surface area (TPSA) is 0 Å². The molecule has 0 saturated carbocycles. The van der Waals surface area contributed by atoms with Gasteiger partial charge in [-0.2, -0.15) is 0 Å². The van der Waals surface area contributed by atoms with Gasteiger partial charge in [-0.3, -0.25) is 0 Å². The Morgan fingerprint density at radius 2 is 1.33 bits per heavy atom. The molecule has 0 amide bonds. The largest absolute Gasteiger partial charge is 0.0988 e. The fraction of sp³-hybridized carbons (Fsp3) is 0.115. The predicted molar refractivity (Wildman–Crippen MR) is 226 cm³/mol. The number of rotatable bonds is 7. The molecule has 7 aromatic carbocycles. The Labute approximate surface area is 307 Å². The average molecular weight is 667 g/mol. The van der Waals surface area contributed by atoms with E-state index in [9.17, 15) is 0 Å². The first-order chi connectivity index (χ1) is 25.7. The van der Waals surface area contributed by atoms with Gasteiger partial charge in [0.1, 0.15) is 0 Å². The molecule has 0 N–H and O–H groups in total. The second-order valence-electron chi connectivity index (χ2n) is 14.2. The molecule has 52 heavy (non-hydrogen) atoms. The predicted octanol–water partition coefficient (Wildman–Crippen LogP) is 14.6. The van der Waals surface area contributed by atoms with Gasteiger partial charge in [-0.25, -0.2) is 0 Å². The fourth-order valence-corrected chi connectivity index (χ4v) is 8.71. The van der Waals surface area contributed by atoms with Gasteiger partial charge in [0.2, 0.25) is 0 Å². The molecular formula is C52H42. The van der Waals surface area contributed by atoms with Crippen LogP contribution in [0.3, 0.4) is 0 Å². The zero-order valence-electron chi connectivity index (χ0n) is 29.8. The Bertz CT molecular complexity index is 2630. The van der Waals surface area contributed by atoms with Crippen LogP contribution in [0.15, 0.2) is 176 Å². The van der Waals surface area contributed by atoms with Gasteiger partial charge < -0.3 is 0 Å². The Morgan fingerprint density at radius 1 is 0.635 bits per heavy atom. The van der Waals surface area contributed by atoms with Gasteiger partial charge in [-0.1, -0.05) is 177 Å². The molecule has 0 nitrogen and oxygen atoms in total. The number of hydrogen-bond acceptors (Lipinski definition) is 0. The lowest BCUT2D eigenvalue weighted by atomic mass is 9.81. The SMILES string of the molecule is C=C/C(=C\CC)C1C=C(c2c3ccccc3c(-c3ccc(-c4cccc5c4CCC=C5)cc3)c3cc(-c4cccc5ccccc45)ccc23)C=CC1. The number of allylic oxidation sites excluding steroid dienone is 8. The minimum absolute atomic E-state index is 0.313. The molecule has 0 heterocycles. The van der Waals surface area contributed by atoms with Gasteiger partial charge in [0, 0.05) is 5.92 Å². The third-order valence-electron chi connectivity index (χ3n) is 11.1. The lowest BCUT2D eigenvalue weighted by molar-refractivity contribution is 0.785. The molecule has 1 unspecified atom stereocenters. The summed E-state index contributed by atoms with van der Waals surface area (Å²) in [6, 6.07) is 47.7. The molecule has 2 aliphatic rings. The second-order valence-corrected chi connectivity index (χ2v) is 14.2. The third kappa shape index (κ3) is 5.56. The van der Waals surface area contributed by atoms with E-state index >= 15 is 0 Å². The van der Waals surface area contributed by atoms with Crippen LogP contribution >= 0.6 is 0 Å². The Hall–Kier alpha value is -5.98. The highest BCUT2D eigenvalue weighted by Gasteiger charge is 2.21. The van der Waals surface area contributed by atoms with Gasteiger partial charge in [0.15, 0.2) is 0 Å². The number of fused-ring (bicyclic) bond motifs is 4. The van der Waals surface area contributed by atoms with E-state index in [1.165, 1.54) is 93.5 Å². The Kier molecular flexibility index (Phi) is 8.37. The maximum atomic E-state index is 4.18. The van der Waals surface area contributed by atoms with Crippen LogP contribution in [0.4, 0.5) is 0 Å². The third-order valence-corrected chi connectivity index (χ3v) is 11.1. The van der Waals surface area contributed by atoms with Gasteiger partial charge in [-0.05, 0) is 125 Å². The van der Waals surface area contributed by atoms with Crippen LogP contribution in [-0.4, -0.2) is 0 Å². The molecule has 7 aromatic rings. The Balaban J connectivity index is 1.30. The highest BCUT2D eigenvalue weighted by atomic mass is 14.2. The lowest BCUT2D eigenvalue weighted by Gasteiger charge is -2.23. The second kappa shape index (κ2) is 13.6. The summed E-state index contributed by atoms with van der Waals surface area (Å²) in [5.41, 5.74) is 14.3. The number of benzene rings is 7. The van der Waals surface area contributed by atoms with Crippen molar-refractivity contribution in [1.82, 2.24) is 0 Å². The molecule has 2 aliphatic carbocycles. The average Bonchev–Trinajstić information content (AvgIpc) is 3.21. The van der Waals surface area contributed by atoms with Crippen LogP contribution in [0.2, 0.25) is 0 Å². The zero-order valence-corrected chi connectivity index (χ0v) is 29.8.